The van der Waals surface area contributed by atoms with Crippen LogP contribution in [0.25, 0.3) is 0 Å². The van der Waals surface area contributed by atoms with Crippen molar-refractivity contribution in [3.8, 4) is 0 Å². The van der Waals surface area contributed by atoms with Crippen LogP contribution in [-0.2, 0) is 6.54 Å². The largest absolute Gasteiger partial charge is 0.397 e. The van der Waals surface area contributed by atoms with Crippen LogP contribution >= 0.6 is 0 Å². The zero-order valence-electron chi connectivity index (χ0n) is 9.08. The summed E-state index contributed by atoms with van der Waals surface area (Å²) in [5, 5.41) is 3.54. The van der Waals surface area contributed by atoms with Crippen LogP contribution in [0.2, 0.25) is 0 Å². The Hall–Kier alpha value is -1.09. The minimum Gasteiger partial charge on any atom is -0.397 e. The molecule has 0 aliphatic heterocycles. The second-order valence-electron chi connectivity index (χ2n) is 4.26. The van der Waals surface area contributed by atoms with Gasteiger partial charge in [0.05, 0.1) is 11.4 Å². The first-order valence-electron chi connectivity index (χ1n) is 5.79. The van der Waals surface area contributed by atoms with Gasteiger partial charge in [-0.2, -0.15) is 0 Å². The lowest BCUT2D eigenvalue weighted by Gasteiger charge is -2.22. The number of nitrogen functional groups attached to an aromatic ring is 1. The van der Waals surface area contributed by atoms with Crippen LogP contribution in [0.4, 0.5) is 5.69 Å². The van der Waals surface area contributed by atoms with E-state index in [2.05, 4.69) is 10.3 Å². The van der Waals surface area contributed by atoms with Crippen LogP contribution in [0.5, 0.6) is 0 Å². The molecule has 2 rings (SSSR count). The number of pyridine rings is 1. The van der Waals surface area contributed by atoms with Gasteiger partial charge in [-0.3, -0.25) is 4.98 Å². The third-order valence-corrected chi connectivity index (χ3v) is 3.09. The normalized spacial score (nSPS) is 17.9. The highest BCUT2D eigenvalue weighted by atomic mass is 14.9. The van der Waals surface area contributed by atoms with Crippen molar-refractivity contribution in [1.29, 1.82) is 0 Å². The highest BCUT2D eigenvalue weighted by Crippen LogP contribution is 2.18. The molecule has 0 amide bonds. The zero-order valence-corrected chi connectivity index (χ0v) is 9.08. The summed E-state index contributed by atoms with van der Waals surface area (Å²) in [6, 6.07) is 4.45. The third-order valence-electron chi connectivity index (χ3n) is 3.09. The van der Waals surface area contributed by atoms with E-state index in [-0.39, 0.29) is 0 Å². The molecule has 0 bridgehead atoms. The smallest absolute Gasteiger partial charge is 0.0770 e. The minimum absolute atomic E-state index is 0.667. The summed E-state index contributed by atoms with van der Waals surface area (Å²) in [6.07, 6.45) is 8.50. The zero-order chi connectivity index (χ0) is 10.5. The van der Waals surface area contributed by atoms with Gasteiger partial charge < -0.3 is 11.1 Å². The summed E-state index contributed by atoms with van der Waals surface area (Å²) in [5.41, 5.74) is 7.60. The van der Waals surface area contributed by atoms with E-state index in [1.54, 1.807) is 6.20 Å². The molecule has 1 saturated carbocycles. The number of hydrogen-bond acceptors (Lipinski definition) is 3. The van der Waals surface area contributed by atoms with Crippen LogP contribution in [0.3, 0.4) is 0 Å². The van der Waals surface area contributed by atoms with E-state index in [1.165, 1.54) is 32.1 Å². The molecular weight excluding hydrogens is 186 g/mol. The maximum absolute atomic E-state index is 5.83. The quantitative estimate of drug-likeness (QED) is 0.794. The van der Waals surface area contributed by atoms with Crippen molar-refractivity contribution in [3.05, 3.63) is 24.0 Å². The maximum Gasteiger partial charge on any atom is 0.0770 e. The van der Waals surface area contributed by atoms with Gasteiger partial charge in [0.1, 0.15) is 0 Å². The first-order chi connectivity index (χ1) is 7.36. The van der Waals surface area contributed by atoms with Gasteiger partial charge in [0.25, 0.3) is 0 Å². The van der Waals surface area contributed by atoms with Crippen LogP contribution < -0.4 is 11.1 Å². The lowest BCUT2D eigenvalue weighted by molar-refractivity contribution is 0.371. The van der Waals surface area contributed by atoms with Gasteiger partial charge in [-0.25, -0.2) is 0 Å². The fraction of sp³-hybridized carbons (Fsp3) is 0.583. The van der Waals surface area contributed by atoms with Crippen LogP contribution in [0.1, 0.15) is 37.8 Å². The van der Waals surface area contributed by atoms with Crippen molar-refractivity contribution < 1.29 is 0 Å². The second kappa shape index (κ2) is 5.12. The monoisotopic (exact) mass is 205 g/mol. The van der Waals surface area contributed by atoms with Gasteiger partial charge in [-0.05, 0) is 25.0 Å². The van der Waals surface area contributed by atoms with Gasteiger partial charge in [-0.15, -0.1) is 0 Å². The molecule has 1 heterocycles. The number of nitrogens with two attached hydrogens (primary N) is 1. The second-order valence-corrected chi connectivity index (χ2v) is 4.26. The average molecular weight is 205 g/mol. The summed E-state index contributed by atoms with van der Waals surface area (Å²) in [6.45, 7) is 0.803. The molecule has 0 saturated heterocycles. The Morgan fingerprint density at radius 2 is 2.13 bits per heavy atom. The molecule has 82 valence electrons. The molecule has 1 aromatic heterocycles. The number of anilines is 1. The van der Waals surface area contributed by atoms with E-state index in [4.69, 9.17) is 5.73 Å². The Labute approximate surface area is 91.1 Å². The predicted molar refractivity (Wildman–Crippen MR) is 62.4 cm³/mol. The van der Waals surface area contributed by atoms with Crippen molar-refractivity contribution >= 4 is 5.69 Å². The molecule has 0 radical (unpaired) electrons. The number of nitrogens with one attached hydrogen (secondary N) is 1. The summed E-state index contributed by atoms with van der Waals surface area (Å²) < 4.78 is 0. The van der Waals surface area contributed by atoms with E-state index in [9.17, 15) is 0 Å². The highest BCUT2D eigenvalue weighted by Gasteiger charge is 2.12. The van der Waals surface area contributed by atoms with Crippen molar-refractivity contribution in [2.24, 2.45) is 0 Å². The van der Waals surface area contributed by atoms with E-state index >= 15 is 0 Å². The fourth-order valence-electron chi connectivity index (χ4n) is 2.15. The topological polar surface area (TPSA) is 50.9 Å². The molecule has 3 heteroatoms. The molecule has 1 aliphatic carbocycles. The van der Waals surface area contributed by atoms with Crippen molar-refractivity contribution in [2.45, 2.75) is 44.7 Å². The maximum atomic E-state index is 5.83. The lowest BCUT2D eigenvalue weighted by Crippen LogP contribution is -2.31. The third kappa shape index (κ3) is 2.93. The molecule has 0 aromatic carbocycles. The number of nitrogens with zero attached hydrogens (tertiary/aromatic N) is 1. The number of aromatic nitrogens is 1. The molecule has 3 nitrogen and oxygen atoms in total. The first-order valence-corrected chi connectivity index (χ1v) is 5.79. The van der Waals surface area contributed by atoms with Gasteiger partial charge in [0.2, 0.25) is 0 Å². The van der Waals surface area contributed by atoms with Crippen LogP contribution in [-0.4, -0.2) is 11.0 Å². The minimum atomic E-state index is 0.667. The van der Waals surface area contributed by atoms with E-state index in [0.29, 0.717) is 6.04 Å². The average Bonchev–Trinajstić information content (AvgIpc) is 2.29. The number of hydrogen-bond donors (Lipinski definition) is 2. The van der Waals surface area contributed by atoms with Crippen molar-refractivity contribution in [2.75, 3.05) is 5.73 Å². The van der Waals surface area contributed by atoms with Gasteiger partial charge in [0, 0.05) is 18.8 Å². The Bertz CT molecular complexity index is 305. The summed E-state index contributed by atoms with van der Waals surface area (Å²) in [5.74, 6) is 0. The SMILES string of the molecule is Nc1cccnc1CNC1CCCCC1. The summed E-state index contributed by atoms with van der Waals surface area (Å²) in [4.78, 5) is 4.28. The Morgan fingerprint density at radius 1 is 1.33 bits per heavy atom. The summed E-state index contributed by atoms with van der Waals surface area (Å²) >= 11 is 0. The Balaban J connectivity index is 1.84. The molecule has 0 atom stereocenters. The van der Waals surface area contributed by atoms with Crippen molar-refractivity contribution in [1.82, 2.24) is 10.3 Å². The molecular formula is C12H19N3. The first kappa shape index (κ1) is 10.4. The standard InChI is InChI=1S/C12H19N3/c13-11-7-4-8-14-12(11)9-15-10-5-2-1-3-6-10/h4,7-8,10,15H,1-3,5-6,9,13H2. The van der Waals surface area contributed by atoms with Crippen LogP contribution in [0.15, 0.2) is 18.3 Å². The number of rotatable bonds is 3. The van der Waals surface area contributed by atoms with E-state index < -0.39 is 0 Å². The molecule has 3 N–H and O–H groups in total. The molecule has 1 aromatic rings. The van der Waals surface area contributed by atoms with Gasteiger partial charge >= 0.3 is 0 Å². The Kier molecular flexibility index (Phi) is 3.56. The lowest BCUT2D eigenvalue weighted by atomic mass is 9.95. The van der Waals surface area contributed by atoms with Crippen LogP contribution in [0, 0.1) is 0 Å². The molecule has 1 aliphatic rings. The van der Waals surface area contributed by atoms with E-state index in [1.807, 2.05) is 12.1 Å². The summed E-state index contributed by atoms with van der Waals surface area (Å²) in [7, 11) is 0. The Morgan fingerprint density at radius 3 is 2.87 bits per heavy atom. The molecule has 0 spiro atoms. The van der Waals surface area contributed by atoms with E-state index in [0.717, 1.165) is 17.9 Å². The van der Waals surface area contributed by atoms with Gasteiger partial charge in [-0.1, -0.05) is 19.3 Å². The fourth-order valence-corrected chi connectivity index (χ4v) is 2.15. The van der Waals surface area contributed by atoms with Gasteiger partial charge in [0.15, 0.2) is 0 Å². The van der Waals surface area contributed by atoms with Crippen molar-refractivity contribution in [3.63, 3.8) is 0 Å². The molecule has 15 heavy (non-hydrogen) atoms. The highest BCUT2D eigenvalue weighted by molar-refractivity contribution is 5.41. The molecule has 1 fully saturated rings. The molecule has 0 unspecified atom stereocenters. The predicted octanol–water partition coefficient (Wildman–Crippen LogP) is 2.09.